The summed E-state index contributed by atoms with van der Waals surface area (Å²) in [4.78, 5) is 15.1. The molecule has 0 amide bonds. The van der Waals surface area contributed by atoms with Gasteiger partial charge in [-0.2, -0.15) is 0 Å². The summed E-state index contributed by atoms with van der Waals surface area (Å²) in [7, 11) is -4.10. The Balaban J connectivity index is 1.88. The van der Waals surface area contributed by atoms with E-state index in [1.54, 1.807) is 0 Å². The summed E-state index contributed by atoms with van der Waals surface area (Å²) < 4.78 is 38.8. The second kappa shape index (κ2) is 7.40. The third kappa shape index (κ3) is 3.80. The van der Waals surface area contributed by atoms with E-state index in [1.165, 1.54) is 25.1 Å². The van der Waals surface area contributed by atoms with Gasteiger partial charge in [-0.3, -0.25) is 4.79 Å². The Hall–Kier alpha value is -2.87. The lowest BCUT2D eigenvalue weighted by Gasteiger charge is -2.09. The van der Waals surface area contributed by atoms with E-state index < -0.39 is 31.8 Å². The fourth-order valence-corrected chi connectivity index (χ4v) is 3.73. The molecule has 0 aliphatic rings. The van der Waals surface area contributed by atoms with E-state index in [4.69, 9.17) is 0 Å². The van der Waals surface area contributed by atoms with Crippen LogP contribution in [0.25, 0.3) is 11.4 Å². The molecule has 1 aromatic heterocycles. The number of benzene rings is 2. The van der Waals surface area contributed by atoms with Crippen LogP contribution >= 0.6 is 0 Å². The highest BCUT2D eigenvalue weighted by molar-refractivity contribution is 7.92. The number of hydrogen-bond donors (Lipinski definition) is 1. The van der Waals surface area contributed by atoms with Crippen LogP contribution in [0.2, 0.25) is 0 Å². The van der Waals surface area contributed by atoms with Gasteiger partial charge < -0.3 is 4.98 Å². The molecule has 1 atom stereocenters. The number of nitrogens with zero attached hydrogens (tertiary/aromatic N) is 2. The average molecular weight is 387 g/mol. The average Bonchev–Trinajstić information content (AvgIpc) is 3.18. The summed E-state index contributed by atoms with van der Waals surface area (Å²) in [5, 5.41) is 5.76. The number of ketones is 1. The first-order valence-corrected chi connectivity index (χ1v) is 9.93. The molecule has 6 nitrogen and oxygen atoms in total. The van der Waals surface area contributed by atoms with Gasteiger partial charge in [-0.05, 0) is 31.0 Å². The molecule has 27 heavy (non-hydrogen) atoms. The van der Waals surface area contributed by atoms with Crippen molar-refractivity contribution in [3.05, 3.63) is 65.5 Å². The van der Waals surface area contributed by atoms with Crippen molar-refractivity contribution in [2.45, 2.75) is 30.7 Å². The first-order valence-electron chi connectivity index (χ1n) is 8.38. The molecule has 2 aromatic carbocycles. The molecule has 0 saturated heterocycles. The Labute approximate surface area is 156 Å². The third-order valence-electron chi connectivity index (χ3n) is 4.32. The van der Waals surface area contributed by atoms with Gasteiger partial charge in [0, 0.05) is 11.1 Å². The van der Waals surface area contributed by atoms with Gasteiger partial charge in [0.1, 0.15) is 11.1 Å². The van der Waals surface area contributed by atoms with E-state index in [0.29, 0.717) is 11.4 Å². The summed E-state index contributed by atoms with van der Waals surface area (Å²) in [6.45, 7) is 3.28. The first kappa shape index (κ1) is 18.9. The van der Waals surface area contributed by atoms with Crippen molar-refractivity contribution in [2.24, 2.45) is 0 Å². The van der Waals surface area contributed by atoms with Crippen LogP contribution in [0.1, 0.15) is 29.8 Å². The van der Waals surface area contributed by atoms with Crippen molar-refractivity contribution in [2.75, 3.05) is 0 Å². The van der Waals surface area contributed by atoms with Crippen molar-refractivity contribution < 1.29 is 17.6 Å². The number of aromatic amines is 1. The van der Waals surface area contributed by atoms with Crippen molar-refractivity contribution in [3.63, 3.8) is 0 Å². The Bertz CT molecular complexity index is 1080. The molecule has 0 fully saturated rings. The fourth-order valence-electron chi connectivity index (χ4n) is 2.59. The van der Waals surface area contributed by atoms with Crippen molar-refractivity contribution in [3.8, 4) is 11.4 Å². The lowest BCUT2D eigenvalue weighted by Crippen LogP contribution is -2.28. The smallest absolute Gasteiger partial charge is 0.248 e. The fraction of sp³-hybridized carbons (Fsp3) is 0.211. The summed E-state index contributed by atoms with van der Waals surface area (Å²) in [5.74, 6) is -1.02. The number of carbonyl (C=O) groups is 1. The van der Waals surface area contributed by atoms with Crippen LogP contribution in [0.4, 0.5) is 4.39 Å². The van der Waals surface area contributed by atoms with Gasteiger partial charge in [-0.25, -0.2) is 12.8 Å². The van der Waals surface area contributed by atoms with Gasteiger partial charge in [-0.1, -0.05) is 43.3 Å². The minimum absolute atomic E-state index is 0.0130. The van der Waals surface area contributed by atoms with E-state index in [2.05, 4.69) is 15.2 Å². The molecule has 0 aliphatic heterocycles. The molecule has 8 heteroatoms. The maximum absolute atomic E-state index is 13.3. The maximum atomic E-state index is 13.3. The molecule has 1 N–H and O–H groups in total. The molecule has 0 aliphatic carbocycles. The van der Waals surface area contributed by atoms with Gasteiger partial charge in [-0.15, -0.1) is 10.2 Å². The molecular weight excluding hydrogens is 369 g/mol. The molecule has 0 saturated carbocycles. The number of aryl methyl sites for hydroxylation is 1. The van der Waals surface area contributed by atoms with Crippen LogP contribution in [-0.4, -0.2) is 34.6 Å². The molecule has 3 rings (SSSR count). The number of Topliss-reactive ketones (excluding diaryl/α,β-unsaturated/α-hetero) is 1. The Morgan fingerprint density at radius 2 is 1.85 bits per heavy atom. The predicted molar refractivity (Wildman–Crippen MR) is 98.6 cm³/mol. The normalized spacial score (nSPS) is 12.7. The minimum Gasteiger partial charge on any atom is -0.312 e. The highest BCUT2D eigenvalue weighted by atomic mass is 32.2. The van der Waals surface area contributed by atoms with Crippen LogP contribution in [0.15, 0.2) is 53.7 Å². The lowest BCUT2D eigenvalue weighted by molar-refractivity contribution is 0.0991. The number of halogens is 1. The quantitative estimate of drug-likeness (QED) is 0.656. The van der Waals surface area contributed by atoms with Crippen molar-refractivity contribution in [1.29, 1.82) is 0 Å². The zero-order valence-electron chi connectivity index (χ0n) is 14.8. The maximum Gasteiger partial charge on any atom is 0.248 e. The van der Waals surface area contributed by atoms with E-state index in [-0.39, 0.29) is 5.56 Å². The Morgan fingerprint density at radius 1 is 1.15 bits per heavy atom. The topological polar surface area (TPSA) is 92.8 Å². The highest BCUT2D eigenvalue weighted by Crippen LogP contribution is 2.21. The Kier molecular flexibility index (Phi) is 5.18. The summed E-state index contributed by atoms with van der Waals surface area (Å²) in [5.41, 5.74) is 1.81. The predicted octanol–water partition coefficient (Wildman–Crippen LogP) is 3.22. The van der Waals surface area contributed by atoms with E-state index in [1.807, 2.05) is 31.2 Å². The second-order valence-corrected chi connectivity index (χ2v) is 8.27. The Morgan fingerprint density at radius 3 is 2.48 bits per heavy atom. The number of aromatic nitrogens is 3. The highest BCUT2D eigenvalue weighted by Gasteiger charge is 2.33. The van der Waals surface area contributed by atoms with Gasteiger partial charge in [0.05, 0.1) is 0 Å². The zero-order valence-corrected chi connectivity index (χ0v) is 15.6. The zero-order chi connectivity index (χ0) is 19.6. The first-order chi connectivity index (χ1) is 12.8. The number of H-pyrrole nitrogens is 1. The number of carbonyl (C=O) groups excluding carboxylic acids is 1. The minimum atomic E-state index is -4.10. The molecule has 0 spiro atoms. The SMILES string of the molecule is CCc1ccc(-c2nnc(S(=O)(=O)C(C)C(=O)c3cccc(F)c3)[nH]2)cc1. The number of hydrogen-bond acceptors (Lipinski definition) is 5. The molecular formula is C19H18FN3O3S. The summed E-state index contributed by atoms with van der Waals surface area (Å²) in [6, 6.07) is 12.4. The lowest BCUT2D eigenvalue weighted by atomic mass is 10.1. The number of rotatable bonds is 6. The van der Waals surface area contributed by atoms with Crippen LogP contribution in [-0.2, 0) is 16.3 Å². The van der Waals surface area contributed by atoms with Gasteiger partial charge in [0.25, 0.3) is 0 Å². The largest absolute Gasteiger partial charge is 0.312 e. The van der Waals surface area contributed by atoms with Crippen LogP contribution in [0.3, 0.4) is 0 Å². The summed E-state index contributed by atoms with van der Waals surface area (Å²) in [6.07, 6.45) is 0.885. The molecule has 0 radical (unpaired) electrons. The van der Waals surface area contributed by atoms with Gasteiger partial charge in [0.15, 0.2) is 11.6 Å². The van der Waals surface area contributed by atoms with Crippen LogP contribution in [0.5, 0.6) is 0 Å². The summed E-state index contributed by atoms with van der Waals surface area (Å²) >= 11 is 0. The van der Waals surface area contributed by atoms with Crippen LogP contribution < -0.4 is 0 Å². The number of nitrogens with one attached hydrogen (secondary N) is 1. The van der Waals surface area contributed by atoms with Crippen molar-refractivity contribution >= 4 is 15.6 Å². The molecule has 0 bridgehead atoms. The van der Waals surface area contributed by atoms with Gasteiger partial charge in [0.2, 0.25) is 15.0 Å². The second-order valence-electron chi connectivity index (χ2n) is 6.09. The van der Waals surface area contributed by atoms with E-state index >= 15 is 0 Å². The third-order valence-corrected chi connectivity index (χ3v) is 6.18. The van der Waals surface area contributed by atoms with E-state index in [0.717, 1.165) is 18.1 Å². The number of sulfone groups is 1. The van der Waals surface area contributed by atoms with Gasteiger partial charge >= 0.3 is 0 Å². The molecule has 3 aromatic rings. The molecule has 1 unspecified atom stereocenters. The standard InChI is InChI=1S/C19H18FN3O3S/c1-3-13-7-9-14(10-8-13)18-21-19(23-22-18)27(25,26)12(2)17(24)15-5-4-6-16(20)11-15/h4-12H,3H2,1-2H3,(H,21,22,23). The van der Waals surface area contributed by atoms with Crippen LogP contribution in [0, 0.1) is 5.82 Å². The molecule has 1 heterocycles. The molecule has 140 valence electrons. The van der Waals surface area contributed by atoms with E-state index in [9.17, 15) is 17.6 Å². The van der Waals surface area contributed by atoms with Crippen molar-refractivity contribution in [1.82, 2.24) is 15.2 Å². The monoisotopic (exact) mass is 387 g/mol.